The molecule has 3 rings (SSSR count). The number of hydrogen-bond donors (Lipinski definition) is 1. The second kappa shape index (κ2) is 8.64. The van der Waals surface area contributed by atoms with Gasteiger partial charge in [0.2, 0.25) is 10.0 Å². The van der Waals surface area contributed by atoms with Gasteiger partial charge in [-0.05, 0) is 54.7 Å². The summed E-state index contributed by atoms with van der Waals surface area (Å²) in [5.74, 6) is -0.0972. The number of benzene rings is 2. The molecular weight excluding hydrogens is 396 g/mol. The van der Waals surface area contributed by atoms with E-state index in [4.69, 9.17) is 11.6 Å². The Morgan fingerprint density at radius 3 is 2.46 bits per heavy atom. The molecule has 1 fully saturated rings. The van der Waals surface area contributed by atoms with E-state index in [1.165, 1.54) is 22.5 Å². The van der Waals surface area contributed by atoms with Crippen LogP contribution in [0, 0.1) is 0 Å². The molecule has 1 saturated heterocycles. The van der Waals surface area contributed by atoms with E-state index >= 15 is 0 Å². The molecular formula is C21H25ClN2O3S. The van der Waals surface area contributed by atoms with Crippen molar-refractivity contribution in [2.45, 2.75) is 43.9 Å². The van der Waals surface area contributed by atoms with Gasteiger partial charge in [0.25, 0.3) is 5.91 Å². The standard InChI is InChI=1S/C21H25ClN2O3S/c1-15(2)16-7-6-8-17(13-16)23-21(25)19-14-18(9-10-20(19)22)28(26,27)24-11-4-3-5-12-24/h6-10,13-15H,3-5,11-12H2,1-2H3,(H,23,25). The Balaban J connectivity index is 1.87. The van der Waals surface area contributed by atoms with Crippen molar-refractivity contribution in [1.29, 1.82) is 0 Å². The minimum Gasteiger partial charge on any atom is -0.322 e. The quantitative estimate of drug-likeness (QED) is 0.748. The molecule has 5 nitrogen and oxygen atoms in total. The molecule has 1 amide bonds. The first-order chi connectivity index (χ1) is 13.3. The third-order valence-corrected chi connectivity index (χ3v) is 7.17. The van der Waals surface area contributed by atoms with E-state index in [1.807, 2.05) is 18.2 Å². The summed E-state index contributed by atoms with van der Waals surface area (Å²) in [5.41, 5.74) is 1.90. The van der Waals surface area contributed by atoms with Gasteiger partial charge in [-0.3, -0.25) is 4.79 Å². The number of amides is 1. The van der Waals surface area contributed by atoms with Gasteiger partial charge in [-0.2, -0.15) is 4.31 Å². The molecule has 0 aliphatic carbocycles. The monoisotopic (exact) mass is 420 g/mol. The van der Waals surface area contributed by atoms with E-state index in [1.54, 1.807) is 6.07 Å². The lowest BCUT2D eigenvalue weighted by molar-refractivity contribution is 0.102. The SMILES string of the molecule is CC(C)c1cccc(NC(=O)c2cc(S(=O)(=O)N3CCCCC3)ccc2Cl)c1. The van der Waals surface area contributed by atoms with Crippen LogP contribution in [-0.2, 0) is 10.0 Å². The van der Waals surface area contributed by atoms with Gasteiger partial charge in [0.05, 0.1) is 15.5 Å². The maximum absolute atomic E-state index is 12.9. The molecule has 150 valence electrons. The van der Waals surface area contributed by atoms with Crippen LogP contribution in [0.2, 0.25) is 5.02 Å². The minimum absolute atomic E-state index is 0.0971. The lowest BCUT2D eigenvalue weighted by atomic mass is 10.0. The van der Waals surface area contributed by atoms with Crippen molar-refractivity contribution in [2.75, 3.05) is 18.4 Å². The highest BCUT2D eigenvalue weighted by Crippen LogP contribution is 2.26. The van der Waals surface area contributed by atoms with E-state index < -0.39 is 15.9 Å². The maximum atomic E-state index is 12.9. The van der Waals surface area contributed by atoms with Crippen LogP contribution in [0.3, 0.4) is 0 Å². The topological polar surface area (TPSA) is 66.5 Å². The molecule has 2 aromatic carbocycles. The largest absolute Gasteiger partial charge is 0.322 e. The average Bonchev–Trinajstić information content (AvgIpc) is 2.69. The first-order valence-corrected chi connectivity index (χ1v) is 11.3. The number of carbonyl (C=O) groups excluding carboxylic acids is 1. The highest BCUT2D eigenvalue weighted by atomic mass is 35.5. The summed E-state index contributed by atoms with van der Waals surface area (Å²) in [6, 6.07) is 11.9. The number of hydrogen-bond acceptors (Lipinski definition) is 3. The molecule has 2 aromatic rings. The third-order valence-electron chi connectivity index (χ3n) is 4.95. The van der Waals surface area contributed by atoms with Gasteiger partial charge >= 0.3 is 0 Å². The van der Waals surface area contributed by atoms with Crippen LogP contribution >= 0.6 is 11.6 Å². The zero-order valence-electron chi connectivity index (χ0n) is 16.1. The van der Waals surface area contributed by atoms with Crippen LogP contribution in [0.4, 0.5) is 5.69 Å². The van der Waals surface area contributed by atoms with Crippen molar-refractivity contribution < 1.29 is 13.2 Å². The summed E-state index contributed by atoms with van der Waals surface area (Å²) in [4.78, 5) is 12.9. The van der Waals surface area contributed by atoms with Gasteiger partial charge in [0.15, 0.2) is 0 Å². The van der Waals surface area contributed by atoms with Gasteiger partial charge in [0.1, 0.15) is 0 Å². The van der Waals surface area contributed by atoms with Crippen molar-refractivity contribution in [1.82, 2.24) is 4.31 Å². The third kappa shape index (κ3) is 4.57. The molecule has 0 radical (unpaired) electrons. The zero-order chi connectivity index (χ0) is 20.3. The number of rotatable bonds is 5. The smallest absolute Gasteiger partial charge is 0.257 e. The molecule has 0 unspecified atom stereocenters. The van der Waals surface area contributed by atoms with Crippen LogP contribution in [0.1, 0.15) is 54.9 Å². The molecule has 1 aliphatic rings. The maximum Gasteiger partial charge on any atom is 0.257 e. The Kier molecular flexibility index (Phi) is 6.43. The van der Waals surface area contributed by atoms with E-state index in [2.05, 4.69) is 19.2 Å². The van der Waals surface area contributed by atoms with Crippen LogP contribution < -0.4 is 5.32 Å². The summed E-state index contributed by atoms with van der Waals surface area (Å²) >= 11 is 6.21. The Morgan fingerprint density at radius 2 is 1.79 bits per heavy atom. The predicted octanol–water partition coefficient (Wildman–Crippen LogP) is 4.89. The van der Waals surface area contributed by atoms with Crippen molar-refractivity contribution in [3.8, 4) is 0 Å². The average molecular weight is 421 g/mol. The van der Waals surface area contributed by atoms with Crippen LogP contribution in [0.5, 0.6) is 0 Å². The molecule has 0 spiro atoms. The van der Waals surface area contributed by atoms with Crippen molar-refractivity contribution in [3.05, 3.63) is 58.6 Å². The van der Waals surface area contributed by atoms with Gasteiger partial charge in [-0.1, -0.05) is 44.0 Å². The second-order valence-corrected chi connectivity index (χ2v) is 9.69. The Hall–Kier alpha value is -1.89. The summed E-state index contributed by atoms with van der Waals surface area (Å²) in [5, 5.41) is 3.04. The number of sulfonamides is 1. The highest BCUT2D eigenvalue weighted by Gasteiger charge is 2.27. The Labute approximate surface area is 171 Å². The molecule has 0 bridgehead atoms. The van der Waals surface area contributed by atoms with Crippen LogP contribution in [0.15, 0.2) is 47.4 Å². The fourth-order valence-corrected chi connectivity index (χ4v) is 5.01. The predicted molar refractivity (Wildman–Crippen MR) is 113 cm³/mol. The van der Waals surface area contributed by atoms with Gasteiger partial charge in [-0.25, -0.2) is 8.42 Å². The normalized spacial score (nSPS) is 15.6. The second-order valence-electron chi connectivity index (χ2n) is 7.34. The highest BCUT2D eigenvalue weighted by molar-refractivity contribution is 7.89. The van der Waals surface area contributed by atoms with E-state index in [-0.39, 0.29) is 15.5 Å². The first-order valence-electron chi connectivity index (χ1n) is 9.50. The minimum atomic E-state index is -3.63. The number of piperidine rings is 1. The fourth-order valence-electron chi connectivity index (χ4n) is 3.27. The molecule has 7 heteroatoms. The zero-order valence-corrected chi connectivity index (χ0v) is 17.7. The lowest BCUT2D eigenvalue weighted by Gasteiger charge is -2.26. The van der Waals surface area contributed by atoms with Crippen molar-refractivity contribution >= 4 is 33.2 Å². The molecule has 1 aliphatic heterocycles. The van der Waals surface area contributed by atoms with Gasteiger partial charge in [0, 0.05) is 18.8 Å². The molecule has 1 N–H and O–H groups in total. The number of anilines is 1. The molecule has 0 saturated carbocycles. The Bertz CT molecular complexity index is 967. The summed E-state index contributed by atoms with van der Waals surface area (Å²) in [7, 11) is -3.63. The van der Waals surface area contributed by atoms with Crippen molar-refractivity contribution in [3.63, 3.8) is 0 Å². The molecule has 1 heterocycles. The van der Waals surface area contributed by atoms with Crippen LogP contribution in [-0.4, -0.2) is 31.7 Å². The Morgan fingerprint density at radius 1 is 1.07 bits per heavy atom. The molecule has 0 atom stereocenters. The number of halogens is 1. The first kappa shape index (κ1) is 20.8. The van der Waals surface area contributed by atoms with Crippen LogP contribution in [0.25, 0.3) is 0 Å². The summed E-state index contributed by atoms with van der Waals surface area (Å²) < 4.78 is 27.3. The van der Waals surface area contributed by atoms with E-state index in [0.29, 0.717) is 24.7 Å². The van der Waals surface area contributed by atoms with Crippen molar-refractivity contribution in [2.24, 2.45) is 0 Å². The van der Waals surface area contributed by atoms with E-state index in [0.717, 1.165) is 24.8 Å². The summed E-state index contributed by atoms with van der Waals surface area (Å²) in [6.07, 6.45) is 2.74. The number of nitrogens with one attached hydrogen (secondary N) is 1. The molecule has 0 aromatic heterocycles. The number of nitrogens with zero attached hydrogens (tertiary/aromatic N) is 1. The summed E-state index contributed by atoms with van der Waals surface area (Å²) in [6.45, 7) is 5.17. The lowest BCUT2D eigenvalue weighted by Crippen LogP contribution is -2.35. The van der Waals surface area contributed by atoms with E-state index in [9.17, 15) is 13.2 Å². The van der Waals surface area contributed by atoms with Gasteiger partial charge in [-0.15, -0.1) is 0 Å². The fraction of sp³-hybridized carbons (Fsp3) is 0.381. The molecule has 28 heavy (non-hydrogen) atoms. The van der Waals surface area contributed by atoms with Gasteiger partial charge < -0.3 is 5.32 Å². The number of carbonyl (C=O) groups is 1.